The number of rotatable bonds is 7. The number of carboxylic acid groups (broad SMARTS) is 1. The van der Waals surface area contributed by atoms with Gasteiger partial charge < -0.3 is 9.84 Å². The number of ether oxygens (including phenoxy) is 1. The van der Waals surface area contributed by atoms with Crippen molar-refractivity contribution in [1.82, 2.24) is 9.97 Å². The van der Waals surface area contributed by atoms with Crippen molar-refractivity contribution in [1.29, 1.82) is 0 Å². The minimum absolute atomic E-state index is 0.0368. The Labute approximate surface area is 189 Å². The molecule has 0 spiro atoms. The fraction of sp³-hybridized carbons (Fsp3) is 0.227. The number of fused-ring (bicyclic) bond motifs is 1. The van der Waals surface area contributed by atoms with E-state index in [-0.39, 0.29) is 13.0 Å². The number of benzene rings is 2. The van der Waals surface area contributed by atoms with E-state index in [9.17, 15) is 18.0 Å². The van der Waals surface area contributed by atoms with Crippen LogP contribution >= 0.6 is 22.7 Å². The standard InChI is InChI=1S/C22H17F3N2O3S2/c1-12-18(32-21(26-12)13-2-4-14(5-3-13)22(23,24)25)11-30-15-6-7-16-17(10-15)31-19(27-16)8-9-20(28)29/h2-7,10H,8-9,11H2,1H3,(H,28,29). The topological polar surface area (TPSA) is 72.3 Å². The number of hydrogen-bond acceptors (Lipinski definition) is 6. The molecule has 2 heterocycles. The highest BCUT2D eigenvalue weighted by Crippen LogP contribution is 2.34. The van der Waals surface area contributed by atoms with Crippen molar-refractivity contribution in [3.05, 3.63) is 63.6 Å². The van der Waals surface area contributed by atoms with Gasteiger partial charge in [-0.3, -0.25) is 4.79 Å². The predicted molar refractivity (Wildman–Crippen MR) is 117 cm³/mol. The monoisotopic (exact) mass is 478 g/mol. The van der Waals surface area contributed by atoms with Gasteiger partial charge in [-0.25, -0.2) is 9.97 Å². The molecule has 0 aliphatic rings. The van der Waals surface area contributed by atoms with Crippen molar-refractivity contribution in [3.8, 4) is 16.3 Å². The van der Waals surface area contributed by atoms with E-state index in [1.54, 1.807) is 6.07 Å². The summed E-state index contributed by atoms with van der Waals surface area (Å²) in [4.78, 5) is 20.5. The number of alkyl halides is 3. The van der Waals surface area contributed by atoms with Gasteiger partial charge in [0.15, 0.2) is 0 Å². The summed E-state index contributed by atoms with van der Waals surface area (Å²) >= 11 is 2.82. The first-order chi connectivity index (χ1) is 15.2. The molecule has 0 bridgehead atoms. The lowest BCUT2D eigenvalue weighted by Gasteiger charge is -2.06. The smallest absolute Gasteiger partial charge is 0.416 e. The Hall–Kier alpha value is -2.98. The molecule has 0 saturated carbocycles. The largest absolute Gasteiger partial charge is 0.488 e. The molecule has 0 atom stereocenters. The van der Waals surface area contributed by atoms with Crippen LogP contribution < -0.4 is 4.74 Å². The molecule has 166 valence electrons. The molecule has 0 aliphatic carbocycles. The number of carbonyl (C=O) groups is 1. The number of aryl methyl sites for hydroxylation is 2. The zero-order chi connectivity index (χ0) is 22.9. The maximum Gasteiger partial charge on any atom is 0.416 e. The van der Waals surface area contributed by atoms with Gasteiger partial charge >= 0.3 is 12.1 Å². The third-order valence-electron chi connectivity index (χ3n) is 4.68. The van der Waals surface area contributed by atoms with Crippen molar-refractivity contribution >= 4 is 38.9 Å². The molecule has 2 aromatic heterocycles. The van der Waals surface area contributed by atoms with Gasteiger partial charge in [-0.1, -0.05) is 12.1 Å². The number of aromatic nitrogens is 2. The third kappa shape index (κ3) is 5.08. The van der Waals surface area contributed by atoms with Gasteiger partial charge in [0, 0.05) is 12.0 Å². The van der Waals surface area contributed by atoms with Crippen molar-refractivity contribution in [2.24, 2.45) is 0 Å². The number of hydrogen-bond donors (Lipinski definition) is 1. The van der Waals surface area contributed by atoms with E-state index in [0.717, 1.165) is 37.9 Å². The van der Waals surface area contributed by atoms with Crippen LogP contribution in [0.1, 0.15) is 27.6 Å². The van der Waals surface area contributed by atoms with Crippen LogP contribution in [0.4, 0.5) is 13.2 Å². The van der Waals surface area contributed by atoms with Crippen LogP contribution in [0.5, 0.6) is 5.75 Å². The van der Waals surface area contributed by atoms with Gasteiger partial charge in [-0.05, 0) is 37.3 Å². The lowest BCUT2D eigenvalue weighted by atomic mass is 10.1. The zero-order valence-corrected chi connectivity index (χ0v) is 18.4. The summed E-state index contributed by atoms with van der Waals surface area (Å²) in [6.07, 6.45) is -3.95. The fourth-order valence-electron chi connectivity index (χ4n) is 3.00. The van der Waals surface area contributed by atoms with Crippen LogP contribution in [0.15, 0.2) is 42.5 Å². The average molecular weight is 479 g/mol. The predicted octanol–water partition coefficient (Wildman–Crippen LogP) is 6.34. The Bertz CT molecular complexity index is 1260. The van der Waals surface area contributed by atoms with Crippen LogP contribution in [0.2, 0.25) is 0 Å². The minimum atomic E-state index is -4.37. The van der Waals surface area contributed by atoms with E-state index in [0.29, 0.717) is 22.7 Å². The maximum absolute atomic E-state index is 12.8. The summed E-state index contributed by atoms with van der Waals surface area (Å²) in [5, 5.41) is 10.2. The Morgan fingerprint density at radius 3 is 2.53 bits per heavy atom. The van der Waals surface area contributed by atoms with Crippen LogP contribution in [0.25, 0.3) is 20.8 Å². The molecule has 0 fully saturated rings. The van der Waals surface area contributed by atoms with Gasteiger partial charge in [-0.15, -0.1) is 22.7 Å². The number of halogens is 3. The summed E-state index contributed by atoms with van der Waals surface area (Å²) in [6, 6.07) is 10.4. The number of carboxylic acids is 1. The molecule has 0 amide bonds. The van der Waals surface area contributed by atoms with Crippen LogP contribution in [0, 0.1) is 6.92 Å². The molecule has 0 radical (unpaired) electrons. The number of aliphatic carboxylic acids is 1. The molecule has 4 aromatic rings. The molecule has 2 aromatic carbocycles. The summed E-state index contributed by atoms with van der Waals surface area (Å²) < 4.78 is 45.1. The second-order valence-corrected chi connectivity index (χ2v) is 9.22. The van der Waals surface area contributed by atoms with E-state index >= 15 is 0 Å². The maximum atomic E-state index is 12.8. The molecule has 0 saturated heterocycles. The summed E-state index contributed by atoms with van der Waals surface area (Å²) in [6.45, 7) is 2.12. The zero-order valence-electron chi connectivity index (χ0n) is 16.8. The molecule has 4 rings (SSSR count). The van der Waals surface area contributed by atoms with Crippen molar-refractivity contribution in [2.75, 3.05) is 0 Å². The number of nitrogens with zero attached hydrogens (tertiary/aromatic N) is 2. The summed E-state index contributed by atoms with van der Waals surface area (Å²) in [7, 11) is 0. The van der Waals surface area contributed by atoms with Crippen molar-refractivity contribution in [2.45, 2.75) is 32.5 Å². The minimum Gasteiger partial charge on any atom is -0.488 e. The first-order valence-corrected chi connectivity index (χ1v) is 11.2. The Morgan fingerprint density at radius 1 is 1.09 bits per heavy atom. The van der Waals surface area contributed by atoms with Crippen molar-refractivity contribution in [3.63, 3.8) is 0 Å². The van der Waals surface area contributed by atoms with Gasteiger partial charge in [-0.2, -0.15) is 13.2 Å². The van der Waals surface area contributed by atoms with Gasteiger partial charge in [0.25, 0.3) is 0 Å². The van der Waals surface area contributed by atoms with Crippen LogP contribution in [-0.4, -0.2) is 21.0 Å². The molecule has 32 heavy (non-hydrogen) atoms. The number of thiazole rings is 2. The molecule has 0 unspecified atom stereocenters. The first-order valence-electron chi connectivity index (χ1n) is 9.57. The summed E-state index contributed by atoms with van der Waals surface area (Å²) in [5.74, 6) is -0.210. The summed E-state index contributed by atoms with van der Waals surface area (Å²) in [5.41, 5.74) is 1.49. The highest BCUT2D eigenvalue weighted by atomic mass is 32.1. The molecular formula is C22H17F3N2O3S2. The Kier molecular flexibility index (Phi) is 6.16. The van der Waals surface area contributed by atoms with E-state index in [1.807, 2.05) is 19.1 Å². The lowest BCUT2D eigenvalue weighted by molar-refractivity contribution is -0.138. The molecule has 5 nitrogen and oxygen atoms in total. The van der Waals surface area contributed by atoms with E-state index in [1.165, 1.54) is 34.8 Å². The normalized spacial score (nSPS) is 11.8. The highest BCUT2D eigenvalue weighted by Gasteiger charge is 2.30. The molecular weight excluding hydrogens is 461 g/mol. The van der Waals surface area contributed by atoms with Gasteiger partial charge in [0.1, 0.15) is 17.4 Å². The Balaban J connectivity index is 1.45. The van der Waals surface area contributed by atoms with E-state index < -0.39 is 17.7 Å². The fourth-order valence-corrected chi connectivity index (χ4v) is 4.98. The molecule has 0 aliphatic heterocycles. The first kappa shape index (κ1) is 22.2. The second-order valence-electron chi connectivity index (χ2n) is 7.02. The van der Waals surface area contributed by atoms with E-state index in [4.69, 9.17) is 9.84 Å². The van der Waals surface area contributed by atoms with E-state index in [2.05, 4.69) is 9.97 Å². The molecule has 10 heteroatoms. The lowest BCUT2D eigenvalue weighted by Crippen LogP contribution is -2.03. The Morgan fingerprint density at radius 2 is 1.84 bits per heavy atom. The highest BCUT2D eigenvalue weighted by molar-refractivity contribution is 7.18. The second kappa shape index (κ2) is 8.87. The average Bonchev–Trinajstić information content (AvgIpc) is 3.32. The van der Waals surface area contributed by atoms with Crippen molar-refractivity contribution < 1.29 is 27.8 Å². The SMILES string of the molecule is Cc1nc(-c2ccc(C(F)(F)F)cc2)sc1COc1ccc2nc(CCC(=O)O)sc2c1. The van der Waals surface area contributed by atoms with Gasteiger partial charge in [0.05, 0.1) is 37.8 Å². The van der Waals surface area contributed by atoms with Crippen LogP contribution in [0.3, 0.4) is 0 Å². The van der Waals surface area contributed by atoms with Gasteiger partial charge in [0.2, 0.25) is 0 Å². The van der Waals surface area contributed by atoms with Crippen LogP contribution in [-0.2, 0) is 24.0 Å². The molecule has 1 N–H and O–H groups in total. The quantitative estimate of drug-likeness (QED) is 0.335. The third-order valence-corrected chi connectivity index (χ3v) is 6.94.